The van der Waals surface area contributed by atoms with E-state index >= 15 is 0 Å². The zero-order chi connectivity index (χ0) is 16.3. The lowest BCUT2D eigenvalue weighted by Gasteiger charge is -2.33. The normalized spacial score (nSPS) is 17.7. The standard InChI is InChI=1S/C18H26N2OS/c1-5-6-7-16(21)20-17-14(11-19)13-9-8-12(18(2,3)4)10-15(13)22-17/h12H,5-10H2,1-4H3,(H,20,21)/t12-/m1/s1. The Hall–Kier alpha value is -1.34. The summed E-state index contributed by atoms with van der Waals surface area (Å²) in [5, 5.41) is 13.2. The first-order chi connectivity index (χ1) is 10.4. The lowest BCUT2D eigenvalue weighted by Crippen LogP contribution is -2.26. The molecule has 3 nitrogen and oxygen atoms in total. The van der Waals surface area contributed by atoms with E-state index in [0.29, 0.717) is 23.3 Å². The van der Waals surface area contributed by atoms with E-state index in [4.69, 9.17) is 0 Å². The van der Waals surface area contributed by atoms with Gasteiger partial charge in [0.15, 0.2) is 0 Å². The van der Waals surface area contributed by atoms with E-state index in [1.54, 1.807) is 11.3 Å². The third-order valence-electron chi connectivity index (χ3n) is 4.61. The molecule has 0 saturated heterocycles. The minimum Gasteiger partial charge on any atom is -0.317 e. The van der Waals surface area contributed by atoms with Gasteiger partial charge >= 0.3 is 0 Å². The predicted molar refractivity (Wildman–Crippen MR) is 92.2 cm³/mol. The molecular formula is C18H26N2OS. The largest absolute Gasteiger partial charge is 0.317 e. The van der Waals surface area contributed by atoms with Gasteiger partial charge in [-0.25, -0.2) is 0 Å². The number of hydrogen-bond acceptors (Lipinski definition) is 3. The lowest BCUT2D eigenvalue weighted by molar-refractivity contribution is -0.116. The number of carbonyl (C=O) groups excluding carboxylic acids is 1. The van der Waals surface area contributed by atoms with Crippen molar-refractivity contribution in [3.05, 3.63) is 16.0 Å². The number of thiophene rings is 1. The first kappa shape index (κ1) is 17.0. The van der Waals surface area contributed by atoms with Gasteiger partial charge in [0.25, 0.3) is 0 Å². The minimum atomic E-state index is 0.0318. The molecule has 1 heterocycles. The van der Waals surface area contributed by atoms with Gasteiger partial charge in [0.2, 0.25) is 5.91 Å². The van der Waals surface area contributed by atoms with Gasteiger partial charge in [-0.15, -0.1) is 11.3 Å². The van der Waals surface area contributed by atoms with Crippen LogP contribution in [0.25, 0.3) is 0 Å². The van der Waals surface area contributed by atoms with Crippen LogP contribution in [0.4, 0.5) is 5.00 Å². The lowest BCUT2D eigenvalue weighted by atomic mass is 9.72. The number of fused-ring (bicyclic) bond motifs is 1. The molecule has 0 saturated carbocycles. The number of hydrogen-bond donors (Lipinski definition) is 1. The highest BCUT2D eigenvalue weighted by molar-refractivity contribution is 7.16. The Morgan fingerprint density at radius 1 is 1.45 bits per heavy atom. The van der Waals surface area contributed by atoms with Crippen molar-refractivity contribution in [2.45, 2.75) is 66.2 Å². The van der Waals surface area contributed by atoms with Gasteiger partial charge in [-0.05, 0) is 42.6 Å². The number of nitrogens with one attached hydrogen (secondary N) is 1. The summed E-state index contributed by atoms with van der Waals surface area (Å²) in [7, 11) is 0. The maximum absolute atomic E-state index is 12.0. The average molecular weight is 318 g/mol. The van der Waals surface area contributed by atoms with Crippen molar-refractivity contribution in [1.82, 2.24) is 0 Å². The summed E-state index contributed by atoms with van der Waals surface area (Å²) < 4.78 is 0. The van der Waals surface area contributed by atoms with Gasteiger partial charge in [-0.2, -0.15) is 5.26 Å². The molecule has 1 N–H and O–H groups in total. The maximum atomic E-state index is 12.0. The Labute approximate surface area is 137 Å². The molecule has 0 bridgehead atoms. The summed E-state index contributed by atoms with van der Waals surface area (Å²) in [6.07, 6.45) is 5.56. The second-order valence-corrected chi connectivity index (χ2v) is 8.38. The highest BCUT2D eigenvalue weighted by Gasteiger charge is 2.32. The van der Waals surface area contributed by atoms with Gasteiger partial charge in [0.05, 0.1) is 5.56 Å². The van der Waals surface area contributed by atoms with E-state index in [1.807, 2.05) is 0 Å². The highest BCUT2D eigenvalue weighted by atomic mass is 32.1. The molecule has 1 atom stereocenters. The summed E-state index contributed by atoms with van der Waals surface area (Å²) >= 11 is 1.61. The molecule has 1 aromatic heterocycles. The van der Waals surface area contributed by atoms with Crippen molar-refractivity contribution in [2.24, 2.45) is 11.3 Å². The number of anilines is 1. The monoisotopic (exact) mass is 318 g/mol. The van der Waals surface area contributed by atoms with Crippen LogP contribution in [0.1, 0.15) is 69.4 Å². The van der Waals surface area contributed by atoms with Crippen molar-refractivity contribution >= 4 is 22.2 Å². The molecule has 120 valence electrons. The Balaban J connectivity index is 2.20. The van der Waals surface area contributed by atoms with Crippen LogP contribution in [0.2, 0.25) is 0 Å². The maximum Gasteiger partial charge on any atom is 0.225 e. The summed E-state index contributed by atoms with van der Waals surface area (Å²) in [5.74, 6) is 0.679. The van der Waals surface area contributed by atoms with Gasteiger partial charge in [-0.1, -0.05) is 34.1 Å². The fraction of sp³-hybridized carbons (Fsp3) is 0.667. The van der Waals surface area contributed by atoms with Gasteiger partial charge in [0.1, 0.15) is 11.1 Å². The molecule has 0 spiro atoms. The van der Waals surface area contributed by atoms with Crippen molar-refractivity contribution in [2.75, 3.05) is 5.32 Å². The summed E-state index contributed by atoms with van der Waals surface area (Å²) in [4.78, 5) is 13.3. The number of nitriles is 1. The van der Waals surface area contributed by atoms with E-state index in [1.165, 1.54) is 10.4 Å². The molecule has 4 heteroatoms. The van der Waals surface area contributed by atoms with E-state index in [9.17, 15) is 10.1 Å². The Kier molecular flexibility index (Phi) is 5.28. The first-order valence-electron chi connectivity index (χ1n) is 8.21. The Morgan fingerprint density at radius 3 is 2.77 bits per heavy atom. The second kappa shape index (κ2) is 6.83. The predicted octanol–water partition coefficient (Wildman–Crippen LogP) is 4.90. The van der Waals surface area contributed by atoms with Crippen LogP contribution in [-0.4, -0.2) is 5.91 Å². The smallest absolute Gasteiger partial charge is 0.225 e. The number of rotatable bonds is 4. The molecule has 1 aromatic rings. The van der Waals surface area contributed by atoms with E-state index in [2.05, 4.69) is 39.1 Å². The molecule has 0 radical (unpaired) electrons. The van der Waals surface area contributed by atoms with Crippen molar-refractivity contribution in [3.8, 4) is 6.07 Å². The summed E-state index contributed by atoms with van der Waals surface area (Å²) in [5.41, 5.74) is 2.18. The van der Waals surface area contributed by atoms with Crippen LogP contribution >= 0.6 is 11.3 Å². The minimum absolute atomic E-state index is 0.0318. The SMILES string of the molecule is CCCCC(=O)Nc1sc2c(c1C#N)CC[C@@H](C(C)(C)C)C2. The highest BCUT2D eigenvalue weighted by Crippen LogP contribution is 2.43. The Bertz CT molecular complexity index is 589. The number of carbonyl (C=O) groups is 1. The molecule has 1 aliphatic rings. The van der Waals surface area contributed by atoms with Crippen LogP contribution in [-0.2, 0) is 17.6 Å². The third kappa shape index (κ3) is 3.70. The molecule has 1 aliphatic carbocycles. The molecular weight excluding hydrogens is 292 g/mol. The molecule has 22 heavy (non-hydrogen) atoms. The quantitative estimate of drug-likeness (QED) is 0.858. The molecule has 2 rings (SSSR count). The second-order valence-electron chi connectivity index (χ2n) is 7.28. The van der Waals surface area contributed by atoms with E-state index in [0.717, 1.165) is 37.1 Å². The van der Waals surface area contributed by atoms with Crippen molar-refractivity contribution in [3.63, 3.8) is 0 Å². The van der Waals surface area contributed by atoms with Crippen LogP contribution in [0.3, 0.4) is 0 Å². The summed E-state index contributed by atoms with van der Waals surface area (Å²) in [6, 6.07) is 2.31. The average Bonchev–Trinajstić information content (AvgIpc) is 2.80. The van der Waals surface area contributed by atoms with E-state index in [-0.39, 0.29) is 5.91 Å². The number of nitrogens with zero attached hydrogens (tertiary/aromatic N) is 1. The van der Waals surface area contributed by atoms with Gasteiger partial charge in [0, 0.05) is 11.3 Å². The van der Waals surface area contributed by atoms with Crippen molar-refractivity contribution < 1.29 is 4.79 Å². The fourth-order valence-corrected chi connectivity index (χ4v) is 4.35. The van der Waals surface area contributed by atoms with Gasteiger partial charge < -0.3 is 5.32 Å². The Morgan fingerprint density at radius 2 is 2.18 bits per heavy atom. The zero-order valence-corrected chi connectivity index (χ0v) is 14.9. The van der Waals surface area contributed by atoms with Crippen molar-refractivity contribution in [1.29, 1.82) is 5.26 Å². The van der Waals surface area contributed by atoms with Crippen LogP contribution in [0, 0.1) is 22.7 Å². The van der Waals surface area contributed by atoms with Crippen LogP contribution in [0.15, 0.2) is 0 Å². The zero-order valence-electron chi connectivity index (χ0n) is 14.1. The molecule has 0 aromatic carbocycles. The molecule has 1 amide bonds. The fourth-order valence-electron chi connectivity index (χ4n) is 3.06. The molecule has 0 fully saturated rings. The molecule has 0 aliphatic heterocycles. The van der Waals surface area contributed by atoms with E-state index < -0.39 is 0 Å². The first-order valence-corrected chi connectivity index (χ1v) is 9.03. The molecule has 0 unspecified atom stereocenters. The van der Waals surface area contributed by atoms with Gasteiger partial charge in [-0.3, -0.25) is 4.79 Å². The summed E-state index contributed by atoms with van der Waals surface area (Å²) in [6.45, 7) is 8.93. The number of amides is 1. The topological polar surface area (TPSA) is 52.9 Å². The number of unbranched alkanes of at least 4 members (excludes halogenated alkanes) is 1. The van der Waals surface area contributed by atoms with Crippen LogP contribution in [0.5, 0.6) is 0 Å². The van der Waals surface area contributed by atoms with Crippen LogP contribution < -0.4 is 5.32 Å². The third-order valence-corrected chi connectivity index (χ3v) is 5.78.